The van der Waals surface area contributed by atoms with E-state index in [1.807, 2.05) is 18.5 Å². The number of pyridine rings is 4. The molecule has 418 valence electrons. The van der Waals surface area contributed by atoms with E-state index in [2.05, 4.69) is 273 Å². The molecule has 4 heterocycles. The molecule has 4 aromatic heterocycles. The Kier molecular flexibility index (Phi) is 10.6. The highest BCUT2D eigenvalue weighted by molar-refractivity contribution is 6.28. The first-order valence-corrected chi connectivity index (χ1v) is 31.4. The first kappa shape index (κ1) is 50.1. The molecule has 0 saturated heterocycles. The smallest absolute Gasteiger partial charge is 0.0972 e. The Hall–Kier alpha value is -12.0. The molecule has 0 saturated carbocycles. The van der Waals surface area contributed by atoms with Crippen molar-refractivity contribution >= 4 is 130 Å². The number of benzene rings is 15. The van der Waals surface area contributed by atoms with Gasteiger partial charge in [0, 0.05) is 45.1 Å². The summed E-state index contributed by atoms with van der Waals surface area (Å²) in [6.45, 7) is 0. The van der Waals surface area contributed by atoms with E-state index in [0.717, 1.165) is 83.7 Å². The molecule has 0 radical (unpaired) electrons. The quantitative estimate of drug-likeness (QED) is 0.156. The van der Waals surface area contributed by atoms with Crippen molar-refractivity contribution in [2.24, 2.45) is 0 Å². The summed E-state index contributed by atoms with van der Waals surface area (Å²) in [5.74, 6) is 0. The highest BCUT2D eigenvalue weighted by atomic mass is 14.8. The van der Waals surface area contributed by atoms with Crippen LogP contribution in [0.1, 0.15) is 11.1 Å². The second kappa shape index (κ2) is 19.3. The first-order chi connectivity index (χ1) is 45.1. The molecule has 19 aromatic rings. The van der Waals surface area contributed by atoms with Crippen LogP contribution >= 0.6 is 0 Å². The van der Waals surface area contributed by atoms with E-state index in [1.54, 1.807) is 0 Å². The topological polar surface area (TPSA) is 51.6 Å². The van der Waals surface area contributed by atoms with Crippen molar-refractivity contribution in [3.8, 4) is 67.0 Å². The van der Waals surface area contributed by atoms with Gasteiger partial charge in [0.2, 0.25) is 0 Å². The lowest BCUT2D eigenvalue weighted by Gasteiger charge is -2.16. The predicted molar refractivity (Wildman–Crippen MR) is 383 cm³/mol. The molecule has 0 aliphatic heterocycles. The Labute approximate surface area is 522 Å². The minimum Gasteiger partial charge on any atom is -0.254 e. The van der Waals surface area contributed by atoms with E-state index in [1.165, 1.54) is 131 Å². The van der Waals surface area contributed by atoms with Crippen molar-refractivity contribution in [1.29, 1.82) is 0 Å². The van der Waals surface area contributed by atoms with Gasteiger partial charge in [-0.05, 0) is 191 Å². The number of fused-ring (bicyclic) bond motifs is 22. The van der Waals surface area contributed by atoms with Crippen LogP contribution in [0.3, 0.4) is 0 Å². The van der Waals surface area contributed by atoms with Crippen molar-refractivity contribution in [3.63, 3.8) is 0 Å². The first-order valence-electron chi connectivity index (χ1n) is 31.4. The van der Waals surface area contributed by atoms with Gasteiger partial charge < -0.3 is 0 Å². The van der Waals surface area contributed by atoms with Gasteiger partial charge >= 0.3 is 0 Å². The average molecular weight is 1150 g/mol. The molecular formula is C87H50N4. The Morgan fingerprint density at radius 2 is 0.648 bits per heavy atom. The molecular weight excluding hydrogens is 1100 g/mol. The lowest BCUT2D eigenvalue weighted by atomic mass is 9.89. The van der Waals surface area contributed by atoms with Gasteiger partial charge in [0.05, 0.1) is 33.5 Å². The van der Waals surface area contributed by atoms with E-state index >= 15 is 0 Å². The Morgan fingerprint density at radius 3 is 1.33 bits per heavy atom. The van der Waals surface area contributed by atoms with Crippen LogP contribution in [0.5, 0.6) is 0 Å². The van der Waals surface area contributed by atoms with Crippen LogP contribution in [-0.2, 0) is 6.42 Å². The molecule has 1 aliphatic carbocycles. The summed E-state index contributed by atoms with van der Waals surface area (Å²) >= 11 is 0. The minimum absolute atomic E-state index is 0.819. The lowest BCUT2D eigenvalue weighted by Crippen LogP contribution is -1.93. The summed E-state index contributed by atoms with van der Waals surface area (Å²) in [6.07, 6.45) is 4.58. The third-order valence-electron chi connectivity index (χ3n) is 19.8. The van der Waals surface area contributed by atoms with Crippen molar-refractivity contribution in [3.05, 3.63) is 303 Å². The minimum atomic E-state index is 0.819. The highest BCUT2D eigenvalue weighted by Crippen LogP contribution is 2.51. The van der Waals surface area contributed by atoms with Gasteiger partial charge in [-0.2, -0.15) is 0 Å². The van der Waals surface area contributed by atoms with Crippen LogP contribution in [0.2, 0.25) is 0 Å². The van der Waals surface area contributed by atoms with Crippen LogP contribution in [0.4, 0.5) is 0 Å². The zero-order valence-corrected chi connectivity index (χ0v) is 49.2. The van der Waals surface area contributed by atoms with E-state index in [-0.39, 0.29) is 0 Å². The molecule has 0 fully saturated rings. The molecule has 0 bridgehead atoms. The molecule has 1 aliphatic rings. The van der Waals surface area contributed by atoms with Gasteiger partial charge in [0.25, 0.3) is 0 Å². The number of nitrogens with zero attached hydrogens (tertiary/aromatic N) is 4. The third kappa shape index (κ3) is 7.51. The average Bonchev–Trinajstić information content (AvgIpc) is 1.78. The summed E-state index contributed by atoms with van der Waals surface area (Å²) in [5, 5.41) is 24.3. The van der Waals surface area contributed by atoms with E-state index < -0.39 is 0 Å². The molecule has 20 rings (SSSR count). The highest BCUT2D eigenvalue weighted by Gasteiger charge is 2.25. The summed E-state index contributed by atoms with van der Waals surface area (Å²) in [4.78, 5) is 20.6. The number of hydrogen-bond donors (Lipinski definition) is 0. The van der Waals surface area contributed by atoms with Gasteiger partial charge in [-0.3, -0.25) is 9.97 Å². The van der Waals surface area contributed by atoms with Crippen LogP contribution in [0.15, 0.2) is 291 Å². The third-order valence-corrected chi connectivity index (χ3v) is 19.8. The second-order valence-corrected chi connectivity index (χ2v) is 24.7. The van der Waals surface area contributed by atoms with Crippen LogP contribution in [0.25, 0.3) is 197 Å². The summed E-state index contributed by atoms with van der Waals surface area (Å²) < 4.78 is 0. The molecule has 4 nitrogen and oxygen atoms in total. The Morgan fingerprint density at radius 1 is 0.209 bits per heavy atom. The van der Waals surface area contributed by atoms with Gasteiger partial charge in [0.15, 0.2) is 0 Å². The molecule has 0 atom stereocenters. The number of rotatable bonds is 6. The summed E-state index contributed by atoms with van der Waals surface area (Å²) in [6, 6.07) is 103. The zero-order chi connectivity index (χ0) is 59.4. The fourth-order valence-corrected chi connectivity index (χ4v) is 15.7. The molecule has 0 spiro atoms. The lowest BCUT2D eigenvalue weighted by molar-refractivity contribution is 1.20. The molecule has 0 unspecified atom stereocenters. The van der Waals surface area contributed by atoms with E-state index in [9.17, 15) is 0 Å². The van der Waals surface area contributed by atoms with Crippen LogP contribution in [0, 0.1) is 0 Å². The second-order valence-electron chi connectivity index (χ2n) is 24.7. The maximum Gasteiger partial charge on any atom is 0.0972 e. The van der Waals surface area contributed by atoms with Gasteiger partial charge in [-0.15, -0.1) is 0 Å². The monoisotopic (exact) mass is 1150 g/mol. The van der Waals surface area contributed by atoms with Crippen LogP contribution < -0.4 is 0 Å². The van der Waals surface area contributed by atoms with Gasteiger partial charge in [-0.25, -0.2) is 9.97 Å². The van der Waals surface area contributed by atoms with E-state index in [4.69, 9.17) is 19.9 Å². The zero-order valence-electron chi connectivity index (χ0n) is 49.2. The van der Waals surface area contributed by atoms with Crippen molar-refractivity contribution in [1.82, 2.24) is 19.9 Å². The molecule has 0 amide bonds. The number of aromatic nitrogens is 4. The normalized spacial score (nSPS) is 12.2. The van der Waals surface area contributed by atoms with Gasteiger partial charge in [-0.1, -0.05) is 237 Å². The molecule has 0 N–H and O–H groups in total. The van der Waals surface area contributed by atoms with Crippen molar-refractivity contribution < 1.29 is 0 Å². The largest absolute Gasteiger partial charge is 0.254 e. The predicted octanol–water partition coefficient (Wildman–Crippen LogP) is 23.0. The summed E-state index contributed by atoms with van der Waals surface area (Å²) in [5.41, 5.74) is 20.2. The van der Waals surface area contributed by atoms with Gasteiger partial charge in [0.1, 0.15) is 0 Å². The van der Waals surface area contributed by atoms with Crippen LogP contribution in [-0.4, -0.2) is 19.9 Å². The molecule has 4 heteroatoms. The maximum absolute atomic E-state index is 5.52. The molecule has 15 aromatic carbocycles. The van der Waals surface area contributed by atoms with Crippen molar-refractivity contribution in [2.75, 3.05) is 0 Å². The van der Waals surface area contributed by atoms with Crippen molar-refractivity contribution in [2.45, 2.75) is 6.42 Å². The fraction of sp³-hybridized carbons (Fsp3) is 0.0115. The Balaban J connectivity index is 0.638. The fourth-order valence-electron chi connectivity index (χ4n) is 15.7. The summed E-state index contributed by atoms with van der Waals surface area (Å²) in [7, 11) is 0. The number of hydrogen-bond acceptors (Lipinski definition) is 4. The molecule has 91 heavy (non-hydrogen) atoms. The standard InChI is InChI=1S/C87H50N4/c1-5-17-62-58(13-1)57(54-28-34-67-61-16-3-2-14-59(61)60-15-4-6-18-63(60)79(67)47-54)36-37-70(62)81-41-31-56-49-76(75-23-11-43-89-87(75)86(56)91-81)55-29-35-68-66-32-24-50(45-77(66)64-19-7-8-20-65(64)80(68)48-55)44-51-25-33-69-74-39-38-71(72-21-9-22-73(83(72)74)78(69)46-51)82-40-30-53-27-26-52-12-10-42-88-84(52)85(53)90-82/h1-43,45-49H,44H2. The van der Waals surface area contributed by atoms with E-state index in [0.29, 0.717) is 0 Å². The maximum atomic E-state index is 5.52. The Bertz CT molecular complexity index is 6380. The SMILES string of the molecule is c1cnc2c(c1)ccc1ccc(-c3ccc4c5c(cccc35)-c3cc(Cc5ccc6c7ccc(-c8cc9ccc(-c%10ccc(-c%11ccc%12c%13ccccc%13c%13ccccc%13c%12c%11)c%11ccccc%10%11)nc9c9ncccc89)cc7c7ccccc7c6c5)ccc3-4)nc12.